The summed E-state index contributed by atoms with van der Waals surface area (Å²) in [5.41, 5.74) is 22.2. The van der Waals surface area contributed by atoms with Gasteiger partial charge in [0.2, 0.25) is 0 Å². The summed E-state index contributed by atoms with van der Waals surface area (Å²) < 4.78 is 13.8. The quantitative estimate of drug-likeness (QED) is 0.514. The second-order valence-electron chi connectivity index (χ2n) is 9.72. The zero-order valence-corrected chi connectivity index (χ0v) is 19.2. The molecule has 1 atom stereocenters. The highest BCUT2D eigenvalue weighted by Crippen LogP contribution is 2.51. The molecule has 9 nitrogen and oxygen atoms in total. The van der Waals surface area contributed by atoms with Gasteiger partial charge in [-0.05, 0) is 60.1 Å². The van der Waals surface area contributed by atoms with Crippen LogP contribution in [0.4, 0.5) is 27.5 Å². The number of carbonyl (C=O) groups excluding carboxylic acids is 1. The molecule has 1 spiro atoms. The number of carbonyl (C=O) groups is 1. The Morgan fingerprint density at radius 2 is 1.89 bits per heavy atom. The molecule has 3 aromatic rings. The van der Waals surface area contributed by atoms with Crippen LogP contribution >= 0.6 is 0 Å². The summed E-state index contributed by atoms with van der Waals surface area (Å²) in [4.78, 5) is 30.2. The molecule has 10 heteroatoms. The molecule has 3 aliphatic rings. The normalized spacial score (nSPS) is 20.2. The van der Waals surface area contributed by atoms with Crippen LogP contribution in [-0.4, -0.2) is 40.5 Å². The molecular formula is C25H27FN8O. The maximum absolute atomic E-state index is 13.8. The van der Waals surface area contributed by atoms with Gasteiger partial charge >= 0.3 is 0 Å². The van der Waals surface area contributed by atoms with Crippen LogP contribution in [0.2, 0.25) is 0 Å². The first-order valence-corrected chi connectivity index (χ1v) is 11.8. The van der Waals surface area contributed by atoms with E-state index in [9.17, 15) is 9.18 Å². The van der Waals surface area contributed by atoms with Gasteiger partial charge in [-0.3, -0.25) is 4.79 Å². The van der Waals surface area contributed by atoms with Crippen LogP contribution in [0, 0.1) is 11.2 Å². The number of benzene rings is 1. The minimum Gasteiger partial charge on any atom is -0.384 e. The van der Waals surface area contributed by atoms with Gasteiger partial charge in [0, 0.05) is 32.1 Å². The lowest BCUT2D eigenvalue weighted by atomic mass is 9.73. The lowest BCUT2D eigenvalue weighted by Gasteiger charge is -2.42. The van der Waals surface area contributed by atoms with E-state index in [2.05, 4.69) is 19.9 Å². The molecule has 1 fully saturated rings. The Hall–Kier alpha value is -3.79. The summed E-state index contributed by atoms with van der Waals surface area (Å²) in [7, 11) is 0. The number of nitrogen functional groups attached to an aromatic ring is 2. The Bertz CT molecular complexity index is 1340. The van der Waals surface area contributed by atoms with Crippen molar-refractivity contribution in [1.82, 2.24) is 15.0 Å². The molecule has 1 amide bonds. The highest BCUT2D eigenvalue weighted by atomic mass is 19.1. The Labute approximate surface area is 202 Å². The molecule has 0 saturated carbocycles. The van der Waals surface area contributed by atoms with Gasteiger partial charge in [-0.1, -0.05) is 6.07 Å². The summed E-state index contributed by atoms with van der Waals surface area (Å²) in [6, 6.07) is 8.24. The number of nitrogens with zero attached hydrogens (tertiary/aromatic N) is 5. The third-order valence-corrected chi connectivity index (χ3v) is 7.80. The topological polar surface area (TPSA) is 140 Å². The summed E-state index contributed by atoms with van der Waals surface area (Å²) >= 11 is 0. The Kier molecular flexibility index (Phi) is 4.89. The second-order valence-corrected chi connectivity index (χ2v) is 9.72. The second kappa shape index (κ2) is 7.88. The summed E-state index contributed by atoms with van der Waals surface area (Å²) in [5, 5.41) is 0. The summed E-state index contributed by atoms with van der Waals surface area (Å²) in [6.07, 6.45) is 4.81. The third kappa shape index (κ3) is 3.47. The number of hydrogen-bond donors (Lipinski definition) is 3. The minimum absolute atomic E-state index is 0.0813. The number of amides is 1. The fourth-order valence-electron chi connectivity index (χ4n) is 5.83. The Balaban J connectivity index is 1.17. The molecule has 1 saturated heterocycles. The zero-order valence-electron chi connectivity index (χ0n) is 19.2. The van der Waals surface area contributed by atoms with Crippen LogP contribution in [0.1, 0.15) is 46.2 Å². The van der Waals surface area contributed by atoms with Crippen LogP contribution < -0.4 is 27.0 Å². The van der Waals surface area contributed by atoms with E-state index in [-0.39, 0.29) is 34.7 Å². The predicted molar refractivity (Wildman–Crippen MR) is 131 cm³/mol. The van der Waals surface area contributed by atoms with E-state index in [4.69, 9.17) is 17.2 Å². The van der Waals surface area contributed by atoms with Crippen LogP contribution in [-0.2, 0) is 12.8 Å². The van der Waals surface area contributed by atoms with Gasteiger partial charge in [-0.25, -0.2) is 19.3 Å². The SMILES string of the molecule is Nc1ccc2c(n1)CCN2C(=O)c1ncc(N2CCC3(CC2)Cc2ccc(F)cc2[C@H]3N)nc1N. The molecule has 1 aliphatic carbocycles. The first-order valence-electron chi connectivity index (χ1n) is 11.8. The molecule has 0 unspecified atom stereocenters. The van der Waals surface area contributed by atoms with Gasteiger partial charge in [0.15, 0.2) is 11.5 Å². The lowest BCUT2D eigenvalue weighted by Crippen LogP contribution is -2.44. The maximum atomic E-state index is 13.8. The monoisotopic (exact) mass is 474 g/mol. The van der Waals surface area contributed by atoms with E-state index in [1.54, 1.807) is 29.3 Å². The Morgan fingerprint density at radius 1 is 1.09 bits per heavy atom. The summed E-state index contributed by atoms with van der Waals surface area (Å²) in [5.74, 6) is 0.628. The first-order chi connectivity index (χ1) is 16.8. The molecule has 1 aromatic carbocycles. The Morgan fingerprint density at radius 3 is 2.66 bits per heavy atom. The minimum atomic E-state index is -0.300. The van der Waals surface area contributed by atoms with Gasteiger partial charge in [0.05, 0.1) is 17.6 Å². The van der Waals surface area contributed by atoms with Crippen molar-refractivity contribution < 1.29 is 9.18 Å². The predicted octanol–water partition coefficient (Wildman–Crippen LogP) is 2.22. The molecule has 4 heterocycles. The van der Waals surface area contributed by atoms with Crippen molar-refractivity contribution >= 4 is 29.0 Å². The van der Waals surface area contributed by atoms with Gasteiger partial charge in [-0.15, -0.1) is 0 Å². The number of hydrogen-bond acceptors (Lipinski definition) is 8. The number of nitrogens with two attached hydrogens (primary N) is 3. The maximum Gasteiger partial charge on any atom is 0.280 e. The van der Waals surface area contributed by atoms with E-state index in [1.165, 1.54) is 6.07 Å². The van der Waals surface area contributed by atoms with Crippen molar-refractivity contribution in [3.8, 4) is 0 Å². The number of halogens is 1. The fourth-order valence-corrected chi connectivity index (χ4v) is 5.83. The van der Waals surface area contributed by atoms with E-state index in [0.717, 1.165) is 54.9 Å². The van der Waals surface area contributed by atoms with Crippen molar-refractivity contribution in [2.45, 2.75) is 31.7 Å². The molecule has 6 rings (SSSR count). The van der Waals surface area contributed by atoms with Crippen LogP contribution in [0.25, 0.3) is 0 Å². The first kappa shape index (κ1) is 21.7. The van der Waals surface area contributed by atoms with E-state index in [0.29, 0.717) is 24.6 Å². The lowest BCUT2D eigenvalue weighted by molar-refractivity contribution is 0.0985. The van der Waals surface area contributed by atoms with Crippen LogP contribution in [0.3, 0.4) is 0 Å². The molecule has 6 N–H and O–H groups in total. The number of pyridine rings is 1. The van der Waals surface area contributed by atoms with Crippen molar-refractivity contribution in [1.29, 1.82) is 0 Å². The molecular weight excluding hydrogens is 447 g/mol. The van der Waals surface area contributed by atoms with Gasteiger partial charge < -0.3 is 27.0 Å². The number of fused-ring (bicyclic) bond motifs is 2. The highest BCUT2D eigenvalue weighted by Gasteiger charge is 2.46. The largest absolute Gasteiger partial charge is 0.384 e. The number of aromatic nitrogens is 3. The smallest absolute Gasteiger partial charge is 0.280 e. The van der Waals surface area contributed by atoms with Gasteiger partial charge in [-0.2, -0.15) is 0 Å². The van der Waals surface area contributed by atoms with Gasteiger partial charge in [0.25, 0.3) is 5.91 Å². The highest BCUT2D eigenvalue weighted by molar-refractivity contribution is 6.08. The molecule has 2 aliphatic heterocycles. The van der Waals surface area contributed by atoms with E-state index in [1.807, 2.05) is 6.07 Å². The number of rotatable bonds is 2. The molecule has 2 aromatic heterocycles. The molecule has 180 valence electrons. The number of anilines is 4. The van der Waals surface area contributed by atoms with Crippen molar-refractivity contribution in [2.24, 2.45) is 11.1 Å². The number of piperidine rings is 1. The van der Waals surface area contributed by atoms with Crippen molar-refractivity contribution in [2.75, 3.05) is 40.9 Å². The average Bonchev–Trinajstić information content (AvgIpc) is 3.38. The fraction of sp³-hybridized carbons (Fsp3) is 0.360. The third-order valence-electron chi connectivity index (χ3n) is 7.80. The van der Waals surface area contributed by atoms with Crippen molar-refractivity contribution in [3.63, 3.8) is 0 Å². The van der Waals surface area contributed by atoms with E-state index >= 15 is 0 Å². The van der Waals surface area contributed by atoms with E-state index < -0.39 is 0 Å². The standard InChI is InChI=1S/C25H27FN8O/c26-15-2-1-14-12-25(22(28)16(14)11-15)6-9-33(10-7-25)20-13-30-21(23(29)32-20)24(35)34-8-5-17-18(34)3-4-19(27)31-17/h1-4,11,13,22H,5-10,12,28H2,(H2,27,31)(H2,29,32)/t22-/m1/s1. The average molecular weight is 475 g/mol. The summed E-state index contributed by atoms with van der Waals surface area (Å²) in [6.45, 7) is 1.96. The molecule has 0 radical (unpaired) electrons. The van der Waals surface area contributed by atoms with Crippen LogP contribution in [0.5, 0.6) is 0 Å². The van der Waals surface area contributed by atoms with Gasteiger partial charge in [0.1, 0.15) is 17.5 Å². The van der Waals surface area contributed by atoms with Crippen LogP contribution in [0.15, 0.2) is 36.5 Å². The molecule has 0 bridgehead atoms. The van der Waals surface area contributed by atoms with Crippen molar-refractivity contribution in [3.05, 3.63) is 64.9 Å². The molecule has 35 heavy (non-hydrogen) atoms. The zero-order chi connectivity index (χ0) is 24.3.